The van der Waals surface area contributed by atoms with E-state index in [0.717, 1.165) is 0 Å². The zero-order valence-electron chi connectivity index (χ0n) is 7.64. The maximum absolute atomic E-state index is 11.0. The van der Waals surface area contributed by atoms with Crippen molar-refractivity contribution in [1.29, 1.82) is 0 Å². The van der Waals surface area contributed by atoms with Gasteiger partial charge in [-0.25, -0.2) is 18.2 Å². The third kappa shape index (κ3) is 1.86. The predicted octanol–water partition coefficient (Wildman–Crippen LogP) is 1.19. The van der Waals surface area contributed by atoms with E-state index in [9.17, 15) is 13.2 Å². The molecule has 1 heterocycles. The van der Waals surface area contributed by atoms with E-state index in [0.29, 0.717) is 11.0 Å². The smallest absolute Gasteiger partial charge is 0.335 e. The summed E-state index contributed by atoms with van der Waals surface area (Å²) in [7, 11) is 1.15. The molecular weight excluding hydrogens is 256 g/mol. The average molecular weight is 261 g/mol. The van der Waals surface area contributed by atoms with Crippen LogP contribution in [0.1, 0.15) is 10.4 Å². The van der Waals surface area contributed by atoms with E-state index in [-0.39, 0.29) is 5.56 Å². The van der Waals surface area contributed by atoms with Gasteiger partial charge in [-0.2, -0.15) is 0 Å². The van der Waals surface area contributed by atoms with Crippen molar-refractivity contribution in [3.8, 4) is 0 Å². The molecule has 0 bridgehead atoms. The molecule has 0 amide bonds. The van der Waals surface area contributed by atoms with Gasteiger partial charge in [-0.05, 0) is 18.2 Å². The van der Waals surface area contributed by atoms with E-state index in [2.05, 4.69) is 9.97 Å². The van der Waals surface area contributed by atoms with Gasteiger partial charge in [0, 0.05) is 10.7 Å². The Kier molecular flexibility index (Phi) is 2.36. The average Bonchev–Trinajstić information content (AvgIpc) is 2.58. The quantitative estimate of drug-likeness (QED) is 0.790. The Balaban J connectivity index is 2.68. The predicted molar refractivity (Wildman–Crippen MR) is 56.1 cm³/mol. The van der Waals surface area contributed by atoms with Crippen LogP contribution < -0.4 is 0 Å². The Morgan fingerprint density at radius 3 is 2.69 bits per heavy atom. The fraction of sp³-hybridized carbons (Fsp3) is 0. The van der Waals surface area contributed by atoms with Crippen molar-refractivity contribution in [3.63, 3.8) is 0 Å². The molecule has 16 heavy (non-hydrogen) atoms. The molecule has 0 aliphatic rings. The highest BCUT2D eigenvalue weighted by Gasteiger charge is 2.16. The number of hydrogen-bond donors (Lipinski definition) is 2. The maximum Gasteiger partial charge on any atom is 0.335 e. The molecule has 0 spiro atoms. The molecule has 6 nitrogen and oxygen atoms in total. The van der Waals surface area contributed by atoms with Crippen molar-refractivity contribution in [2.45, 2.75) is 5.16 Å². The third-order valence-corrected chi connectivity index (χ3v) is 3.03. The Hall–Kier alpha value is -1.60. The Labute approximate surface area is 94.3 Å². The molecule has 1 aromatic heterocycles. The summed E-state index contributed by atoms with van der Waals surface area (Å²) in [5.74, 6) is -1.10. The molecule has 0 saturated heterocycles. The summed E-state index contributed by atoms with van der Waals surface area (Å²) in [6.45, 7) is 0. The van der Waals surface area contributed by atoms with Crippen molar-refractivity contribution < 1.29 is 18.3 Å². The number of imidazole rings is 1. The standard InChI is InChI=1S/C8H5ClN2O4S/c9-16(14,15)8-10-5-2-1-4(7(12)13)3-6(5)11-8/h1-3H,(H,10,11)(H,12,13). The van der Waals surface area contributed by atoms with E-state index < -0.39 is 20.2 Å². The number of carbonyl (C=O) groups is 1. The van der Waals surface area contributed by atoms with E-state index in [1.165, 1.54) is 18.2 Å². The number of aromatic nitrogens is 2. The molecule has 0 radical (unpaired) electrons. The first-order valence-corrected chi connectivity index (χ1v) is 6.36. The molecule has 0 atom stereocenters. The summed E-state index contributed by atoms with van der Waals surface area (Å²) in [4.78, 5) is 16.8. The number of hydrogen-bond acceptors (Lipinski definition) is 4. The number of carboxylic acids is 1. The van der Waals surface area contributed by atoms with Gasteiger partial charge in [-0.1, -0.05) is 0 Å². The van der Waals surface area contributed by atoms with Crippen LogP contribution >= 0.6 is 10.7 Å². The molecule has 2 rings (SSSR count). The highest BCUT2D eigenvalue weighted by molar-refractivity contribution is 8.13. The summed E-state index contributed by atoms with van der Waals surface area (Å²) in [5, 5.41) is 8.34. The van der Waals surface area contributed by atoms with Crippen molar-refractivity contribution >= 4 is 36.7 Å². The number of aromatic carboxylic acids is 1. The zero-order valence-corrected chi connectivity index (χ0v) is 9.21. The van der Waals surface area contributed by atoms with Crippen molar-refractivity contribution in [3.05, 3.63) is 23.8 Å². The van der Waals surface area contributed by atoms with Gasteiger partial charge in [0.2, 0.25) is 5.16 Å². The molecule has 0 aliphatic carbocycles. The number of rotatable bonds is 2. The van der Waals surface area contributed by atoms with Crippen molar-refractivity contribution in [1.82, 2.24) is 9.97 Å². The molecule has 2 aromatic rings. The van der Waals surface area contributed by atoms with E-state index >= 15 is 0 Å². The number of carboxylic acid groups (broad SMARTS) is 1. The molecule has 2 N–H and O–H groups in total. The fourth-order valence-corrected chi connectivity index (χ4v) is 1.89. The summed E-state index contributed by atoms with van der Waals surface area (Å²) in [6.07, 6.45) is 0. The SMILES string of the molecule is O=C(O)c1ccc2nc(S(=O)(=O)Cl)[nH]c2c1. The van der Waals surface area contributed by atoms with Crippen LogP contribution in [0.2, 0.25) is 0 Å². The first kappa shape index (κ1) is 10.9. The number of halogens is 1. The first-order valence-electron chi connectivity index (χ1n) is 4.05. The van der Waals surface area contributed by atoms with E-state index in [1.807, 2.05) is 0 Å². The van der Waals surface area contributed by atoms with Crippen LogP contribution in [0.4, 0.5) is 0 Å². The molecular formula is C8H5ClN2O4S. The molecule has 0 saturated carbocycles. The van der Waals surface area contributed by atoms with Gasteiger partial charge in [0.1, 0.15) is 0 Å². The lowest BCUT2D eigenvalue weighted by Crippen LogP contribution is -1.94. The molecule has 0 unspecified atom stereocenters. The second-order valence-corrected chi connectivity index (χ2v) is 5.50. The fourth-order valence-electron chi connectivity index (χ4n) is 1.23. The number of nitrogens with one attached hydrogen (secondary N) is 1. The van der Waals surface area contributed by atoms with Crippen LogP contribution in [0.25, 0.3) is 11.0 Å². The number of fused-ring (bicyclic) bond motifs is 1. The third-order valence-electron chi connectivity index (χ3n) is 1.94. The Bertz CT molecular complexity index is 676. The Morgan fingerprint density at radius 1 is 1.44 bits per heavy atom. The van der Waals surface area contributed by atoms with Crippen molar-refractivity contribution in [2.24, 2.45) is 0 Å². The minimum Gasteiger partial charge on any atom is -0.478 e. The normalized spacial score (nSPS) is 11.8. The summed E-state index contributed by atoms with van der Waals surface area (Å²) in [5.41, 5.74) is 0.679. The molecule has 84 valence electrons. The number of H-pyrrole nitrogens is 1. The minimum absolute atomic E-state index is 0.0367. The lowest BCUT2D eigenvalue weighted by atomic mass is 10.2. The maximum atomic E-state index is 11.0. The highest BCUT2D eigenvalue weighted by atomic mass is 35.7. The largest absolute Gasteiger partial charge is 0.478 e. The highest BCUT2D eigenvalue weighted by Crippen LogP contribution is 2.18. The number of benzene rings is 1. The van der Waals surface area contributed by atoms with Crippen LogP contribution in [0, 0.1) is 0 Å². The monoisotopic (exact) mass is 260 g/mol. The zero-order chi connectivity index (χ0) is 11.9. The van der Waals surface area contributed by atoms with Gasteiger partial charge >= 0.3 is 5.97 Å². The number of aromatic amines is 1. The lowest BCUT2D eigenvalue weighted by Gasteiger charge is -1.92. The van der Waals surface area contributed by atoms with Crippen LogP contribution in [0.15, 0.2) is 23.4 Å². The second kappa shape index (κ2) is 3.46. The number of nitrogens with zero attached hydrogens (tertiary/aromatic N) is 1. The molecule has 0 fully saturated rings. The van der Waals surface area contributed by atoms with Gasteiger partial charge < -0.3 is 10.1 Å². The summed E-state index contributed by atoms with van der Waals surface area (Å²) < 4.78 is 22.0. The van der Waals surface area contributed by atoms with Crippen LogP contribution in [0.5, 0.6) is 0 Å². The first-order chi connectivity index (χ1) is 7.38. The van der Waals surface area contributed by atoms with Crippen LogP contribution in [0.3, 0.4) is 0 Å². The van der Waals surface area contributed by atoms with Crippen molar-refractivity contribution in [2.75, 3.05) is 0 Å². The van der Waals surface area contributed by atoms with Gasteiger partial charge in [-0.15, -0.1) is 0 Å². The summed E-state index contributed by atoms with van der Waals surface area (Å²) in [6, 6.07) is 4.02. The van der Waals surface area contributed by atoms with E-state index in [4.69, 9.17) is 15.8 Å². The van der Waals surface area contributed by atoms with Gasteiger partial charge in [-0.3, -0.25) is 0 Å². The van der Waals surface area contributed by atoms with Gasteiger partial charge in [0.25, 0.3) is 9.05 Å². The Morgan fingerprint density at radius 2 is 2.12 bits per heavy atom. The van der Waals surface area contributed by atoms with Gasteiger partial charge in [0.15, 0.2) is 0 Å². The summed E-state index contributed by atoms with van der Waals surface area (Å²) >= 11 is 0. The van der Waals surface area contributed by atoms with Crippen LogP contribution in [-0.4, -0.2) is 29.5 Å². The van der Waals surface area contributed by atoms with Gasteiger partial charge in [0.05, 0.1) is 16.6 Å². The lowest BCUT2D eigenvalue weighted by molar-refractivity contribution is 0.0697. The minimum atomic E-state index is -3.94. The van der Waals surface area contributed by atoms with Crippen LogP contribution in [-0.2, 0) is 9.05 Å². The molecule has 8 heteroatoms. The molecule has 1 aromatic carbocycles. The topological polar surface area (TPSA) is 100 Å². The second-order valence-electron chi connectivity index (χ2n) is 3.02. The van der Waals surface area contributed by atoms with E-state index in [1.54, 1.807) is 0 Å². The molecule has 0 aliphatic heterocycles.